The van der Waals surface area contributed by atoms with Crippen LogP contribution in [0.15, 0.2) is 21.2 Å². The van der Waals surface area contributed by atoms with Crippen molar-refractivity contribution in [3.63, 3.8) is 0 Å². The molecule has 1 nitrogen and oxygen atoms in total. The average molecular weight is 325 g/mol. The summed E-state index contributed by atoms with van der Waals surface area (Å²) in [7, 11) is 0. The van der Waals surface area contributed by atoms with E-state index in [2.05, 4.69) is 36.8 Å². The van der Waals surface area contributed by atoms with Crippen LogP contribution in [0.2, 0.25) is 0 Å². The van der Waals surface area contributed by atoms with Gasteiger partial charge in [0.15, 0.2) is 0 Å². The molecule has 2 unspecified atom stereocenters. The lowest BCUT2D eigenvalue weighted by Crippen LogP contribution is -1.91. The fourth-order valence-electron chi connectivity index (χ4n) is 1.45. The third-order valence-electron chi connectivity index (χ3n) is 2.31. The van der Waals surface area contributed by atoms with Crippen LogP contribution in [-0.2, 0) is 0 Å². The Hall–Kier alpha value is 0.400. The molecule has 1 saturated carbocycles. The van der Waals surface area contributed by atoms with Crippen LogP contribution in [-0.4, -0.2) is 10.9 Å². The molecule has 13 heavy (non-hydrogen) atoms. The first-order valence-corrected chi connectivity index (χ1v) is 6.21. The topological polar surface area (TPSA) is 12.9 Å². The Morgan fingerprint density at radius 2 is 2.31 bits per heavy atom. The molecule has 1 aliphatic rings. The first-order chi connectivity index (χ1) is 6.22. The van der Waals surface area contributed by atoms with E-state index in [1.165, 1.54) is 6.42 Å². The van der Waals surface area contributed by atoms with Gasteiger partial charge in [-0.1, -0.05) is 0 Å². The zero-order valence-corrected chi connectivity index (χ0v) is 10.7. The van der Waals surface area contributed by atoms with Gasteiger partial charge >= 0.3 is 0 Å². The van der Waals surface area contributed by atoms with Crippen LogP contribution in [0.5, 0.6) is 0 Å². The van der Waals surface area contributed by atoms with Crippen molar-refractivity contribution in [2.24, 2.45) is 5.92 Å². The average Bonchev–Trinajstić information content (AvgIpc) is 2.83. The van der Waals surface area contributed by atoms with Crippen molar-refractivity contribution in [1.29, 1.82) is 0 Å². The fraction of sp³-hybridized carbons (Fsp3) is 0.444. The summed E-state index contributed by atoms with van der Waals surface area (Å²) < 4.78 is 2.09. The van der Waals surface area contributed by atoms with Gasteiger partial charge in [-0.3, -0.25) is 4.98 Å². The van der Waals surface area contributed by atoms with Gasteiger partial charge < -0.3 is 0 Å². The van der Waals surface area contributed by atoms with E-state index < -0.39 is 0 Å². The zero-order chi connectivity index (χ0) is 9.42. The lowest BCUT2D eigenvalue weighted by atomic mass is 10.2. The van der Waals surface area contributed by atoms with E-state index >= 15 is 0 Å². The molecular formula is C9H8Br2ClN. The van der Waals surface area contributed by atoms with Crippen molar-refractivity contribution in [2.75, 3.05) is 5.88 Å². The number of nitrogens with zero attached hydrogens (tertiary/aromatic N) is 1. The molecule has 1 aromatic heterocycles. The summed E-state index contributed by atoms with van der Waals surface area (Å²) in [5.74, 6) is 1.95. The maximum absolute atomic E-state index is 5.77. The molecule has 0 amide bonds. The third-order valence-corrected chi connectivity index (χ3v) is 3.77. The molecule has 1 heterocycles. The van der Waals surface area contributed by atoms with Gasteiger partial charge in [0.05, 0.1) is 5.69 Å². The minimum Gasteiger partial charge on any atom is -0.259 e. The monoisotopic (exact) mass is 323 g/mol. The molecule has 2 atom stereocenters. The zero-order valence-electron chi connectivity index (χ0n) is 6.80. The van der Waals surface area contributed by atoms with Crippen molar-refractivity contribution in [3.8, 4) is 0 Å². The molecule has 1 fully saturated rings. The fourth-order valence-corrected chi connectivity index (χ4v) is 3.07. The number of halogens is 3. The van der Waals surface area contributed by atoms with Gasteiger partial charge in [-0.2, -0.15) is 0 Å². The number of alkyl halides is 1. The molecule has 2 rings (SSSR count). The predicted octanol–water partition coefficient (Wildman–Crippen LogP) is 3.95. The van der Waals surface area contributed by atoms with Crippen LogP contribution >= 0.6 is 43.5 Å². The largest absolute Gasteiger partial charge is 0.259 e. The SMILES string of the molecule is ClCC1CC1c1ncc(Br)cc1Br. The Labute approximate surface area is 99.1 Å². The molecule has 0 N–H and O–H groups in total. The van der Waals surface area contributed by atoms with Crippen LogP contribution in [0, 0.1) is 5.92 Å². The van der Waals surface area contributed by atoms with Gasteiger partial charge in [-0.05, 0) is 50.3 Å². The summed E-state index contributed by atoms with van der Waals surface area (Å²) >= 11 is 12.7. The van der Waals surface area contributed by atoms with Crippen LogP contribution < -0.4 is 0 Å². The van der Waals surface area contributed by atoms with Gasteiger partial charge in [0.2, 0.25) is 0 Å². The number of pyridine rings is 1. The Morgan fingerprint density at radius 3 is 2.85 bits per heavy atom. The minimum atomic E-state index is 0.569. The summed E-state index contributed by atoms with van der Waals surface area (Å²) in [6.07, 6.45) is 3.01. The second-order valence-electron chi connectivity index (χ2n) is 3.28. The van der Waals surface area contributed by atoms with E-state index in [4.69, 9.17) is 11.6 Å². The van der Waals surface area contributed by atoms with E-state index in [0.717, 1.165) is 20.5 Å². The standard InChI is InChI=1S/C9H8Br2ClN/c10-6-2-8(11)9(13-4-6)7-1-5(7)3-12/h2,4-5,7H,1,3H2. The summed E-state index contributed by atoms with van der Waals surface area (Å²) in [6, 6.07) is 2.03. The lowest BCUT2D eigenvalue weighted by Gasteiger charge is -2.01. The van der Waals surface area contributed by atoms with E-state index in [0.29, 0.717) is 11.8 Å². The van der Waals surface area contributed by atoms with E-state index in [1.54, 1.807) is 0 Å². The molecule has 0 saturated heterocycles. The van der Waals surface area contributed by atoms with Crippen molar-refractivity contribution in [3.05, 3.63) is 26.9 Å². The molecule has 0 aromatic carbocycles. The molecule has 1 aliphatic carbocycles. The van der Waals surface area contributed by atoms with Crippen molar-refractivity contribution >= 4 is 43.5 Å². The van der Waals surface area contributed by atoms with E-state index in [-0.39, 0.29) is 0 Å². The maximum Gasteiger partial charge on any atom is 0.0580 e. The molecule has 0 bridgehead atoms. The predicted molar refractivity (Wildman–Crippen MR) is 61.2 cm³/mol. The molecule has 0 spiro atoms. The molecule has 70 valence electrons. The normalized spacial score (nSPS) is 26.1. The quantitative estimate of drug-likeness (QED) is 0.750. The first kappa shape index (κ1) is 9.94. The molecule has 1 aromatic rings. The van der Waals surface area contributed by atoms with Crippen LogP contribution in [0.1, 0.15) is 18.0 Å². The molecule has 0 aliphatic heterocycles. The Morgan fingerprint density at radius 1 is 1.54 bits per heavy atom. The minimum absolute atomic E-state index is 0.569. The van der Waals surface area contributed by atoms with Gasteiger partial charge in [0.25, 0.3) is 0 Å². The first-order valence-electron chi connectivity index (χ1n) is 4.09. The Bertz CT molecular complexity index is 329. The molecule has 0 radical (unpaired) electrons. The Kier molecular flexibility index (Phi) is 2.96. The number of hydrogen-bond donors (Lipinski definition) is 0. The summed E-state index contributed by atoms with van der Waals surface area (Å²) in [4.78, 5) is 4.39. The second-order valence-corrected chi connectivity index (χ2v) is 5.36. The van der Waals surface area contributed by atoms with Crippen LogP contribution in [0.3, 0.4) is 0 Å². The molecular weight excluding hydrogens is 317 g/mol. The lowest BCUT2D eigenvalue weighted by molar-refractivity contribution is 0.885. The summed E-state index contributed by atoms with van der Waals surface area (Å²) in [5, 5.41) is 0. The van der Waals surface area contributed by atoms with Crippen LogP contribution in [0.4, 0.5) is 0 Å². The molecule has 4 heteroatoms. The maximum atomic E-state index is 5.77. The summed E-state index contributed by atoms with van der Waals surface area (Å²) in [6.45, 7) is 0. The highest BCUT2D eigenvalue weighted by atomic mass is 79.9. The van der Waals surface area contributed by atoms with Crippen molar-refractivity contribution in [1.82, 2.24) is 4.98 Å². The number of hydrogen-bond acceptors (Lipinski definition) is 1. The second kappa shape index (κ2) is 3.87. The van der Waals surface area contributed by atoms with E-state index in [1.807, 2.05) is 12.3 Å². The summed E-state index contributed by atoms with van der Waals surface area (Å²) in [5.41, 5.74) is 1.15. The van der Waals surface area contributed by atoms with E-state index in [9.17, 15) is 0 Å². The van der Waals surface area contributed by atoms with Crippen molar-refractivity contribution in [2.45, 2.75) is 12.3 Å². The third kappa shape index (κ3) is 2.08. The van der Waals surface area contributed by atoms with Gasteiger partial charge in [-0.15, -0.1) is 11.6 Å². The Balaban J connectivity index is 2.22. The van der Waals surface area contributed by atoms with Crippen molar-refractivity contribution < 1.29 is 0 Å². The highest BCUT2D eigenvalue weighted by Gasteiger charge is 2.39. The van der Waals surface area contributed by atoms with Gasteiger partial charge in [0, 0.05) is 26.9 Å². The highest BCUT2D eigenvalue weighted by molar-refractivity contribution is 9.11. The smallest absolute Gasteiger partial charge is 0.0580 e. The number of aromatic nitrogens is 1. The van der Waals surface area contributed by atoms with Gasteiger partial charge in [-0.25, -0.2) is 0 Å². The van der Waals surface area contributed by atoms with Crippen LogP contribution in [0.25, 0.3) is 0 Å². The number of rotatable bonds is 2. The highest BCUT2D eigenvalue weighted by Crippen LogP contribution is 2.49. The van der Waals surface area contributed by atoms with Gasteiger partial charge in [0.1, 0.15) is 0 Å².